The molecule has 1 unspecified atom stereocenters. The van der Waals surface area contributed by atoms with Gasteiger partial charge in [0.15, 0.2) is 5.78 Å². The van der Waals surface area contributed by atoms with Gasteiger partial charge < -0.3 is 9.64 Å². The number of nitrogens with zero attached hydrogens (tertiary/aromatic N) is 1. The zero-order chi connectivity index (χ0) is 20.4. The minimum absolute atomic E-state index is 0. The molecule has 0 amide bonds. The van der Waals surface area contributed by atoms with E-state index < -0.39 is 5.54 Å². The minimum Gasteiger partial charge on any atom is -0.497 e. The number of ketones is 1. The maximum atomic E-state index is 13.8. The number of likely N-dealkylation sites (tertiary alicyclic amines) is 1. The van der Waals surface area contributed by atoms with Crippen LogP contribution in [0.5, 0.6) is 5.75 Å². The smallest absolute Gasteiger partial charge is 0.163 e. The van der Waals surface area contributed by atoms with Gasteiger partial charge in [-0.25, -0.2) is 0 Å². The van der Waals surface area contributed by atoms with Gasteiger partial charge in [-0.3, -0.25) is 10.1 Å². The van der Waals surface area contributed by atoms with Gasteiger partial charge in [-0.1, -0.05) is 35.3 Å². The molecule has 162 valence electrons. The number of hydrogen-bond acceptors (Lipinski definition) is 4. The first-order chi connectivity index (χ1) is 14.0. The van der Waals surface area contributed by atoms with Crippen LogP contribution in [0.2, 0.25) is 10.0 Å². The third kappa shape index (κ3) is 4.63. The van der Waals surface area contributed by atoms with Gasteiger partial charge in [-0.15, -0.1) is 12.4 Å². The first-order valence-corrected chi connectivity index (χ1v) is 10.9. The number of Topliss-reactive ketones (excluding diaryl/α,β-unsaturated/α-hetero) is 1. The first-order valence-electron chi connectivity index (χ1n) is 10.1. The van der Waals surface area contributed by atoms with Crippen LogP contribution in [0.1, 0.15) is 29.5 Å². The molecule has 0 radical (unpaired) electrons. The summed E-state index contributed by atoms with van der Waals surface area (Å²) in [4.78, 5) is 16.2. The van der Waals surface area contributed by atoms with Gasteiger partial charge in [0.1, 0.15) is 11.3 Å². The van der Waals surface area contributed by atoms with Crippen molar-refractivity contribution in [3.8, 4) is 5.75 Å². The second-order valence-corrected chi connectivity index (χ2v) is 8.75. The van der Waals surface area contributed by atoms with Crippen LogP contribution in [-0.2, 0) is 23.2 Å². The van der Waals surface area contributed by atoms with Crippen molar-refractivity contribution in [2.24, 2.45) is 0 Å². The fourth-order valence-corrected chi connectivity index (χ4v) is 4.89. The fourth-order valence-electron chi connectivity index (χ4n) is 4.57. The van der Waals surface area contributed by atoms with Crippen molar-refractivity contribution in [1.29, 1.82) is 0 Å². The molecule has 0 bridgehead atoms. The highest BCUT2D eigenvalue weighted by molar-refractivity contribution is 6.42. The molecule has 2 aromatic rings. The van der Waals surface area contributed by atoms with E-state index in [2.05, 4.69) is 22.3 Å². The number of rotatable bonds is 6. The number of benzene rings is 2. The van der Waals surface area contributed by atoms with Crippen LogP contribution in [0.4, 0.5) is 0 Å². The van der Waals surface area contributed by atoms with E-state index in [-0.39, 0.29) is 18.2 Å². The fraction of sp³-hybridized carbons (Fsp3) is 0.435. The number of ether oxygens (including phenoxy) is 1. The molecule has 4 nitrogen and oxygen atoms in total. The van der Waals surface area contributed by atoms with Crippen LogP contribution >= 0.6 is 35.6 Å². The molecule has 30 heavy (non-hydrogen) atoms. The summed E-state index contributed by atoms with van der Waals surface area (Å²) in [6.45, 7) is 3.53. The van der Waals surface area contributed by atoms with E-state index >= 15 is 0 Å². The lowest BCUT2D eigenvalue weighted by atomic mass is 9.77. The zero-order valence-electron chi connectivity index (χ0n) is 17.0. The van der Waals surface area contributed by atoms with E-state index in [1.165, 1.54) is 18.4 Å². The van der Waals surface area contributed by atoms with E-state index in [0.717, 1.165) is 42.9 Å². The summed E-state index contributed by atoms with van der Waals surface area (Å²) in [5.41, 5.74) is 2.41. The second kappa shape index (κ2) is 9.88. The predicted octanol–water partition coefficient (Wildman–Crippen LogP) is 4.67. The summed E-state index contributed by atoms with van der Waals surface area (Å²) in [6.07, 6.45) is 3.57. The predicted molar refractivity (Wildman–Crippen MR) is 124 cm³/mol. The van der Waals surface area contributed by atoms with Crippen molar-refractivity contribution in [3.05, 3.63) is 63.1 Å². The molecule has 0 aliphatic carbocycles. The number of carbonyl (C=O) groups excluding carboxylic acids is 1. The first kappa shape index (κ1) is 23.4. The average Bonchev–Trinajstić information content (AvgIpc) is 3.23. The maximum Gasteiger partial charge on any atom is 0.163 e. The zero-order valence-corrected chi connectivity index (χ0v) is 19.4. The van der Waals surface area contributed by atoms with Crippen LogP contribution in [0.3, 0.4) is 0 Å². The lowest BCUT2D eigenvalue weighted by Gasteiger charge is -2.41. The normalized spacial score (nSPS) is 21.0. The van der Waals surface area contributed by atoms with E-state index in [4.69, 9.17) is 27.9 Å². The Hall–Kier alpha value is -1.30. The summed E-state index contributed by atoms with van der Waals surface area (Å²) in [6, 6.07) is 11.5. The van der Waals surface area contributed by atoms with Crippen molar-refractivity contribution in [3.63, 3.8) is 0 Å². The van der Waals surface area contributed by atoms with Crippen molar-refractivity contribution in [1.82, 2.24) is 10.2 Å². The Morgan fingerprint density at radius 3 is 2.60 bits per heavy atom. The van der Waals surface area contributed by atoms with Crippen LogP contribution in [0.15, 0.2) is 36.4 Å². The van der Waals surface area contributed by atoms with Crippen LogP contribution in [0.25, 0.3) is 0 Å². The molecule has 2 heterocycles. The highest BCUT2D eigenvalue weighted by Crippen LogP contribution is 2.35. The number of carbonyl (C=O) groups is 1. The SMILES string of the molecule is COc1ccc2c(c1)CCNC2(CN1CCCC1)C(=O)Cc1ccc(Cl)c(Cl)c1.Cl. The summed E-state index contributed by atoms with van der Waals surface area (Å²) >= 11 is 12.2. The third-order valence-corrected chi connectivity index (χ3v) is 6.82. The van der Waals surface area contributed by atoms with E-state index in [1.54, 1.807) is 19.2 Å². The Morgan fingerprint density at radius 1 is 1.13 bits per heavy atom. The molecule has 0 aromatic heterocycles. The summed E-state index contributed by atoms with van der Waals surface area (Å²) in [7, 11) is 1.68. The van der Waals surface area contributed by atoms with Crippen molar-refractivity contribution in [2.75, 3.05) is 33.3 Å². The van der Waals surface area contributed by atoms with Gasteiger partial charge in [0.2, 0.25) is 0 Å². The molecular weight excluding hydrogens is 443 g/mol. The summed E-state index contributed by atoms with van der Waals surface area (Å²) < 4.78 is 5.42. The highest BCUT2D eigenvalue weighted by atomic mass is 35.5. The number of fused-ring (bicyclic) bond motifs is 1. The number of methoxy groups -OCH3 is 1. The molecule has 2 aliphatic heterocycles. The van der Waals surface area contributed by atoms with Gasteiger partial charge in [0.25, 0.3) is 0 Å². The minimum atomic E-state index is -0.726. The molecule has 0 saturated carbocycles. The lowest BCUT2D eigenvalue weighted by Crippen LogP contribution is -2.59. The van der Waals surface area contributed by atoms with Crippen molar-refractivity contribution in [2.45, 2.75) is 31.2 Å². The molecule has 0 spiro atoms. The lowest BCUT2D eigenvalue weighted by molar-refractivity contribution is -0.126. The molecule has 1 fully saturated rings. The average molecular weight is 470 g/mol. The van der Waals surface area contributed by atoms with Gasteiger partial charge >= 0.3 is 0 Å². The Kier molecular flexibility index (Phi) is 7.70. The molecule has 2 aliphatic rings. The Balaban J connectivity index is 0.00000256. The number of halogens is 3. The van der Waals surface area contributed by atoms with E-state index in [9.17, 15) is 4.79 Å². The van der Waals surface area contributed by atoms with Gasteiger partial charge in [0, 0.05) is 19.5 Å². The van der Waals surface area contributed by atoms with Crippen LogP contribution in [-0.4, -0.2) is 44.0 Å². The molecule has 1 saturated heterocycles. The number of hydrogen-bond donors (Lipinski definition) is 1. The van der Waals surface area contributed by atoms with Gasteiger partial charge in [-0.2, -0.15) is 0 Å². The maximum absolute atomic E-state index is 13.8. The molecular formula is C23H27Cl3N2O2. The van der Waals surface area contributed by atoms with Crippen LogP contribution < -0.4 is 10.1 Å². The van der Waals surface area contributed by atoms with Gasteiger partial charge in [0.05, 0.1) is 17.2 Å². The van der Waals surface area contributed by atoms with Crippen molar-refractivity contribution < 1.29 is 9.53 Å². The molecule has 1 N–H and O–H groups in total. The Labute approximate surface area is 194 Å². The van der Waals surface area contributed by atoms with Crippen molar-refractivity contribution >= 4 is 41.4 Å². The molecule has 4 rings (SSSR count). The summed E-state index contributed by atoms with van der Waals surface area (Å²) in [5.74, 6) is 0.992. The van der Waals surface area contributed by atoms with E-state index in [1.807, 2.05) is 12.1 Å². The topological polar surface area (TPSA) is 41.6 Å². The molecule has 2 aromatic carbocycles. The van der Waals surface area contributed by atoms with E-state index in [0.29, 0.717) is 23.0 Å². The monoisotopic (exact) mass is 468 g/mol. The molecule has 7 heteroatoms. The Morgan fingerprint density at radius 2 is 1.90 bits per heavy atom. The standard InChI is InChI=1S/C23H26Cl2N2O2.ClH/c1-29-18-5-6-19-17(14-18)8-9-26-23(19,15-27-10-2-3-11-27)22(28)13-16-4-7-20(24)21(25)12-16;/h4-7,12,14,26H,2-3,8-11,13,15H2,1H3;1H. The van der Waals surface area contributed by atoms with Gasteiger partial charge in [-0.05, 0) is 73.3 Å². The summed E-state index contributed by atoms with van der Waals surface area (Å²) in [5, 5.41) is 4.59. The second-order valence-electron chi connectivity index (χ2n) is 7.94. The third-order valence-electron chi connectivity index (χ3n) is 6.08. The van der Waals surface area contributed by atoms with Crippen LogP contribution in [0, 0.1) is 0 Å². The largest absolute Gasteiger partial charge is 0.497 e. The highest BCUT2D eigenvalue weighted by Gasteiger charge is 2.44. The molecule has 1 atom stereocenters. The number of nitrogens with one attached hydrogen (secondary N) is 1. The Bertz CT molecular complexity index is 915. The quantitative estimate of drug-likeness (QED) is 0.667.